The van der Waals surface area contributed by atoms with E-state index in [0.29, 0.717) is 0 Å². The number of thiophene rings is 1. The zero-order valence-electron chi connectivity index (χ0n) is 52.4. The van der Waals surface area contributed by atoms with E-state index in [2.05, 4.69) is 241 Å². The average molecular weight is 1280 g/mol. The fraction of sp³-hybridized carbons (Fsp3) is 0.0222. The molecule has 0 saturated heterocycles. The van der Waals surface area contributed by atoms with Gasteiger partial charge >= 0.3 is 0 Å². The van der Waals surface area contributed by atoms with Gasteiger partial charge in [0.25, 0.3) is 0 Å². The quantitative estimate of drug-likeness (QED) is 0.100. The minimum atomic E-state index is -0.883. The molecular weight excluding hydrogens is 1220 g/mol. The Balaban J connectivity index is 0.821. The van der Waals surface area contributed by atoms with Gasteiger partial charge in [-0.15, -0.1) is 11.3 Å². The molecule has 97 heavy (non-hydrogen) atoms. The topological polar surface area (TPSA) is 6.48 Å². The summed E-state index contributed by atoms with van der Waals surface area (Å²) in [5.74, 6) is -1.35. The Morgan fingerprint density at radius 3 is 0.897 bits per heavy atom. The van der Waals surface area contributed by atoms with Crippen LogP contribution in [0.5, 0.6) is 0 Å². The fourth-order valence-electron chi connectivity index (χ4n) is 15.3. The summed E-state index contributed by atoms with van der Waals surface area (Å²) in [5.41, 5.74) is 21.8. The van der Waals surface area contributed by atoms with Crippen LogP contribution in [0.3, 0.4) is 0 Å². The Labute approximate surface area is 564 Å². The van der Waals surface area contributed by atoms with Gasteiger partial charge in [-0.3, -0.25) is 0 Å². The summed E-state index contributed by atoms with van der Waals surface area (Å²) < 4.78 is 63.0. The number of anilines is 6. The van der Waals surface area contributed by atoms with Gasteiger partial charge in [-0.05, 0) is 234 Å². The maximum Gasteiger partial charge on any atom is 0.123 e. The number of hydrogen-bond donors (Lipinski definition) is 0. The van der Waals surface area contributed by atoms with Gasteiger partial charge in [0.15, 0.2) is 0 Å². The van der Waals surface area contributed by atoms with Crippen molar-refractivity contribution in [2.75, 3.05) is 9.80 Å². The van der Waals surface area contributed by atoms with Crippen molar-refractivity contribution in [3.63, 3.8) is 0 Å². The van der Waals surface area contributed by atoms with Crippen LogP contribution in [-0.4, -0.2) is 0 Å². The Hall–Kier alpha value is -11.9. The molecule has 0 amide bonds. The first-order valence-electron chi connectivity index (χ1n) is 32.3. The van der Waals surface area contributed by atoms with Gasteiger partial charge < -0.3 is 9.80 Å². The molecule has 1 heterocycles. The highest BCUT2D eigenvalue weighted by Gasteiger charge is 2.48. The van der Waals surface area contributed by atoms with E-state index < -0.39 is 10.8 Å². The molecule has 15 aromatic rings. The molecule has 462 valence electrons. The number of halogens is 4. The van der Waals surface area contributed by atoms with Crippen LogP contribution >= 0.6 is 11.3 Å². The van der Waals surface area contributed by atoms with Crippen LogP contribution in [0.15, 0.2) is 329 Å². The second-order valence-corrected chi connectivity index (χ2v) is 26.0. The van der Waals surface area contributed by atoms with E-state index in [4.69, 9.17) is 0 Å². The third kappa shape index (κ3) is 9.67. The van der Waals surface area contributed by atoms with Gasteiger partial charge in [0.1, 0.15) is 23.3 Å². The van der Waals surface area contributed by atoms with E-state index in [1.165, 1.54) is 24.3 Å². The first kappa shape index (κ1) is 58.9. The maximum absolute atomic E-state index is 15.2. The summed E-state index contributed by atoms with van der Waals surface area (Å²) in [4.78, 5) is 4.38. The van der Waals surface area contributed by atoms with Crippen LogP contribution in [0.1, 0.15) is 55.6 Å². The number of hydrogen-bond acceptors (Lipinski definition) is 3. The molecule has 0 spiro atoms. The molecule has 0 fully saturated rings. The standard InChI is InChI=1S/C90H58F4N2S/c1-3-57-13-17-59(18-14-57)61-21-25-63(26-22-61)89(65-29-33-67(91)34-30-65)83-11-7-5-9-77(83)79-49-45-75(55-85(79)89)95(71-41-37-69(93)38-42-71)73-47-51-87-81(53-73)82-54-74(48-52-88(82)97-87)96(72-43-39-70(94)40-44-72)76-46-50-80-78-10-6-8-12-84(78)90(86(80)56-76,66-31-35-68(92)36-32-66)64-27-23-62(24-28-64)60-19-15-58(4-2)16-20-60/h3-56H,1-2H2. The summed E-state index contributed by atoms with van der Waals surface area (Å²) >= 11 is 1.70. The van der Waals surface area contributed by atoms with Crippen molar-refractivity contribution < 1.29 is 17.6 Å². The molecular formula is C90H58F4N2S. The number of nitrogens with zero attached hydrogens (tertiary/aromatic N) is 2. The lowest BCUT2D eigenvalue weighted by Gasteiger charge is -2.35. The summed E-state index contributed by atoms with van der Waals surface area (Å²) in [6.45, 7) is 7.90. The van der Waals surface area contributed by atoms with Gasteiger partial charge in [0.05, 0.1) is 10.8 Å². The van der Waals surface area contributed by atoms with Gasteiger partial charge in [-0.25, -0.2) is 17.6 Å². The zero-order valence-corrected chi connectivity index (χ0v) is 53.2. The summed E-state index contributed by atoms with van der Waals surface area (Å²) in [5, 5.41) is 2.03. The number of fused-ring (bicyclic) bond motifs is 9. The van der Waals surface area contributed by atoms with E-state index in [0.717, 1.165) is 154 Å². The van der Waals surface area contributed by atoms with Crippen LogP contribution in [0.25, 0.3) is 76.8 Å². The smallest absolute Gasteiger partial charge is 0.123 e. The van der Waals surface area contributed by atoms with Crippen molar-refractivity contribution in [1.29, 1.82) is 0 Å². The van der Waals surface area contributed by atoms with E-state index >= 15 is 17.6 Å². The van der Waals surface area contributed by atoms with Gasteiger partial charge in [0.2, 0.25) is 0 Å². The lowest BCUT2D eigenvalue weighted by atomic mass is 9.67. The molecule has 7 heteroatoms. The molecule has 2 nitrogen and oxygen atoms in total. The summed E-state index contributed by atoms with van der Waals surface area (Å²) in [7, 11) is 0. The largest absolute Gasteiger partial charge is 0.310 e. The molecule has 14 aromatic carbocycles. The highest BCUT2D eigenvalue weighted by atomic mass is 32.1. The van der Waals surface area contributed by atoms with Gasteiger partial charge in [-0.1, -0.05) is 207 Å². The van der Waals surface area contributed by atoms with Crippen molar-refractivity contribution in [3.8, 4) is 44.5 Å². The Bertz CT molecular complexity index is 5220. The second-order valence-electron chi connectivity index (χ2n) is 25.0. The molecule has 2 unspecified atom stereocenters. The predicted molar refractivity (Wildman–Crippen MR) is 394 cm³/mol. The minimum Gasteiger partial charge on any atom is -0.310 e. The normalized spacial score (nSPS) is 15.0. The molecule has 0 aliphatic heterocycles. The van der Waals surface area contributed by atoms with Crippen LogP contribution in [0, 0.1) is 23.3 Å². The Morgan fingerprint density at radius 2 is 0.546 bits per heavy atom. The van der Waals surface area contributed by atoms with Crippen LogP contribution in [0.4, 0.5) is 51.7 Å². The van der Waals surface area contributed by atoms with Crippen molar-refractivity contribution in [3.05, 3.63) is 408 Å². The third-order valence-electron chi connectivity index (χ3n) is 19.8. The predicted octanol–water partition coefficient (Wildman–Crippen LogP) is 24.9. The van der Waals surface area contributed by atoms with Crippen LogP contribution < -0.4 is 9.80 Å². The van der Waals surface area contributed by atoms with Crippen molar-refractivity contribution >= 4 is 77.8 Å². The second kappa shape index (κ2) is 23.5. The summed E-state index contributed by atoms with van der Waals surface area (Å²) in [6, 6.07) is 105. The number of rotatable bonds is 14. The molecule has 0 bridgehead atoms. The maximum atomic E-state index is 15.2. The summed E-state index contributed by atoms with van der Waals surface area (Å²) in [6.07, 6.45) is 3.68. The first-order valence-corrected chi connectivity index (χ1v) is 33.1. The SMILES string of the molecule is C=Cc1ccc(-c2ccc(C3(c4ccc(F)cc4)c4ccccc4-c4ccc(N(c5ccc(F)cc5)c5ccc6sc7ccc(N(c8ccc(F)cc8)c8ccc9c(c8)C(c8ccc(F)cc8)(c8ccc(-c%10ccc(C=C)cc%10)cc8)c8ccccc8-9)cc7c6c5)cc43)cc2)cc1. The molecule has 0 radical (unpaired) electrons. The molecule has 2 atom stereocenters. The van der Waals surface area contributed by atoms with Crippen LogP contribution in [0.2, 0.25) is 0 Å². The monoisotopic (exact) mass is 1270 g/mol. The average Bonchev–Trinajstić information content (AvgIpc) is 1.56. The highest BCUT2D eigenvalue weighted by molar-refractivity contribution is 7.25. The lowest BCUT2D eigenvalue weighted by Crippen LogP contribution is -2.29. The van der Waals surface area contributed by atoms with Crippen LogP contribution in [-0.2, 0) is 10.8 Å². The van der Waals surface area contributed by atoms with Crippen molar-refractivity contribution in [2.24, 2.45) is 0 Å². The van der Waals surface area contributed by atoms with E-state index in [1.54, 1.807) is 35.6 Å². The Morgan fingerprint density at radius 1 is 0.268 bits per heavy atom. The highest BCUT2D eigenvalue weighted by Crippen LogP contribution is 2.60. The lowest BCUT2D eigenvalue weighted by molar-refractivity contribution is 0.624. The fourth-order valence-corrected chi connectivity index (χ4v) is 16.4. The molecule has 2 aliphatic carbocycles. The van der Waals surface area contributed by atoms with Gasteiger partial charge in [-0.2, -0.15) is 0 Å². The zero-order chi connectivity index (χ0) is 65.5. The van der Waals surface area contributed by atoms with E-state index in [1.807, 2.05) is 60.7 Å². The molecule has 0 N–H and O–H groups in total. The van der Waals surface area contributed by atoms with E-state index in [9.17, 15) is 0 Å². The van der Waals surface area contributed by atoms with Crippen molar-refractivity contribution in [2.45, 2.75) is 10.8 Å². The Kier molecular flexibility index (Phi) is 14.3. The molecule has 2 aliphatic rings. The minimum absolute atomic E-state index is 0.323. The first-order chi connectivity index (χ1) is 47.6. The molecule has 1 aromatic heterocycles. The molecule has 17 rings (SSSR count). The molecule has 0 saturated carbocycles. The van der Waals surface area contributed by atoms with Crippen molar-refractivity contribution in [1.82, 2.24) is 0 Å². The third-order valence-corrected chi connectivity index (χ3v) is 21.0. The number of benzene rings is 14. The van der Waals surface area contributed by atoms with Gasteiger partial charge in [0, 0.05) is 54.3 Å². The van der Waals surface area contributed by atoms with E-state index in [-0.39, 0.29) is 23.3 Å².